The second kappa shape index (κ2) is 5.77. The van der Waals surface area contributed by atoms with Crippen molar-refractivity contribution in [2.45, 2.75) is 6.92 Å². The number of nitrogens with zero attached hydrogens (tertiary/aromatic N) is 3. The van der Waals surface area contributed by atoms with Gasteiger partial charge in [-0.15, -0.1) is 0 Å². The van der Waals surface area contributed by atoms with Gasteiger partial charge >= 0.3 is 0 Å². The first kappa shape index (κ1) is 14.1. The van der Waals surface area contributed by atoms with Crippen LogP contribution in [0.1, 0.15) is 6.92 Å². The number of carbonyl (C=O) groups is 1. The van der Waals surface area contributed by atoms with Crippen LogP contribution in [-0.4, -0.2) is 43.0 Å². The van der Waals surface area contributed by atoms with E-state index in [1.54, 1.807) is 19.0 Å². The average molecular weight is 272 g/mol. The Balaban J connectivity index is 2.30. The molecule has 0 aliphatic heterocycles. The third-order valence-corrected chi connectivity index (χ3v) is 3.23. The lowest BCUT2D eigenvalue weighted by molar-refractivity contribution is -0.127. The second-order valence-electron chi connectivity index (χ2n) is 4.92. The van der Waals surface area contributed by atoms with Gasteiger partial charge in [0.15, 0.2) is 0 Å². The lowest BCUT2D eigenvalue weighted by Gasteiger charge is -2.23. The van der Waals surface area contributed by atoms with E-state index in [-0.39, 0.29) is 5.91 Å². The summed E-state index contributed by atoms with van der Waals surface area (Å²) in [6.45, 7) is 3.07. The van der Waals surface area contributed by atoms with Gasteiger partial charge in [-0.05, 0) is 37.3 Å². The highest BCUT2D eigenvalue weighted by atomic mass is 16.2. The van der Waals surface area contributed by atoms with Crippen molar-refractivity contribution >= 4 is 28.3 Å². The molecule has 0 spiro atoms. The van der Waals surface area contributed by atoms with Crippen LogP contribution in [0.3, 0.4) is 0 Å². The number of hydrogen-bond donors (Lipinski definition) is 1. The van der Waals surface area contributed by atoms with Gasteiger partial charge < -0.3 is 15.5 Å². The molecule has 106 valence electrons. The smallest absolute Gasteiger partial charge is 0.241 e. The van der Waals surface area contributed by atoms with Crippen LogP contribution >= 0.6 is 0 Å². The van der Waals surface area contributed by atoms with E-state index in [1.807, 2.05) is 42.2 Å². The number of aromatic nitrogens is 1. The molecule has 2 aromatic rings. The van der Waals surface area contributed by atoms with E-state index < -0.39 is 0 Å². The number of benzene rings is 1. The van der Waals surface area contributed by atoms with E-state index in [2.05, 4.69) is 4.98 Å². The van der Waals surface area contributed by atoms with Crippen molar-refractivity contribution in [2.75, 3.05) is 37.8 Å². The summed E-state index contributed by atoms with van der Waals surface area (Å²) < 4.78 is 0. The van der Waals surface area contributed by atoms with Gasteiger partial charge in [-0.2, -0.15) is 0 Å². The summed E-state index contributed by atoms with van der Waals surface area (Å²) in [4.78, 5) is 20.0. The van der Waals surface area contributed by atoms with Crippen LogP contribution in [0.4, 0.5) is 11.5 Å². The summed E-state index contributed by atoms with van der Waals surface area (Å²) in [7, 11) is 3.51. The molecule has 0 radical (unpaired) electrons. The zero-order chi connectivity index (χ0) is 14.7. The molecular formula is C15H20N4O. The van der Waals surface area contributed by atoms with Crippen molar-refractivity contribution in [3.63, 3.8) is 0 Å². The first-order chi connectivity index (χ1) is 9.51. The van der Waals surface area contributed by atoms with Crippen molar-refractivity contribution in [3.05, 3.63) is 30.3 Å². The van der Waals surface area contributed by atoms with E-state index >= 15 is 0 Å². The van der Waals surface area contributed by atoms with Gasteiger partial charge in [-0.1, -0.05) is 0 Å². The lowest BCUT2D eigenvalue weighted by atomic mass is 10.2. The summed E-state index contributed by atoms with van der Waals surface area (Å²) in [5.74, 6) is 0.867. The summed E-state index contributed by atoms with van der Waals surface area (Å²) in [6, 6.07) is 9.54. The zero-order valence-electron chi connectivity index (χ0n) is 12.1. The molecule has 1 heterocycles. The van der Waals surface area contributed by atoms with Crippen molar-refractivity contribution in [1.82, 2.24) is 9.88 Å². The van der Waals surface area contributed by atoms with E-state index in [0.29, 0.717) is 6.54 Å². The predicted molar refractivity (Wildman–Crippen MR) is 82.7 cm³/mol. The molecule has 0 aliphatic carbocycles. The molecule has 0 saturated carbocycles. The van der Waals surface area contributed by atoms with Crippen LogP contribution in [0.5, 0.6) is 0 Å². The SMILES string of the molecule is CCN(CC(=O)N(C)C)c1ccc2cc(N)ccc2n1. The molecular weight excluding hydrogens is 252 g/mol. The number of likely N-dealkylation sites (N-methyl/N-ethyl adjacent to an activating group) is 2. The van der Waals surface area contributed by atoms with Crippen LogP contribution in [-0.2, 0) is 4.79 Å². The fraction of sp³-hybridized carbons (Fsp3) is 0.333. The number of fused-ring (bicyclic) bond motifs is 1. The Bertz CT molecular complexity index is 624. The highest BCUT2D eigenvalue weighted by Crippen LogP contribution is 2.20. The lowest BCUT2D eigenvalue weighted by Crippen LogP contribution is -2.36. The van der Waals surface area contributed by atoms with Gasteiger partial charge in [0, 0.05) is 31.7 Å². The fourth-order valence-corrected chi connectivity index (χ4v) is 1.97. The molecule has 0 atom stereocenters. The van der Waals surface area contributed by atoms with Gasteiger partial charge in [0.25, 0.3) is 0 Å². The molecule has 0 unspecified atom stereocenters. The quantitative estimate of drug-likeness (QED) is 0.861. The number of pyridine rings is 1. The molecule has 0 aliphatic rings. The van der Waals surface area contributed by atoms with Crippen LogP contribution in [0.2, 0.25) is 0 Å². The highest BCUT2D eigenvalue weighted by Gasteiger charge is 2.13. The number of rotatable bonds is 4. The number of carbonyl (C=O) groups excluding carboxylic acids is 1. The summed E-state index contributed by atoms with van der Waals surface area (Å²) >= 11 is 0. The minimum atomic E-state index is 0.0612. The molecule has 1 aromatic heterocycles. The van der Waals surface area contributed by atoms with Crippen LogP contribution in [0.25, 0.3) is 10.9 Å². The maximum Gasteiger partial charge on any atom is 0.241 e. The fourth-order valence-electron chi connectivity index (χ4n) is 1.97. The number of nitrogens with two attached hydrogens (primary N) is 1. The predicted octanol–water partition coefficient (Wildman–Crippen LogP) is 1.73. The topological polar surface area (TPSA) is 62.5 Å². The molecule has 0 fully saturated rings. The van der Waals surface area contributed by atoms with Crippen molar-refractivity contribution < 1.29 is 4.79 Å². The summed E-state index contributed by atoms with van der Waals surface area (Å²) in [5.41, 5.74) is 7.36. The number of amides is 1. The molecule has 20 heavy (non-hydrogen) atoms. The highest BCUT2D eigenvalue weighted by molar-refractivity contribution is 5.85. The molecule has 2 rings (SSSR count). The Kier molecular flexibility index (Phi) is 4.08. The third kappa shape index (κ3) is 2.99. The standard InChI is InChI=1S/C15H20N4O/c1-4-19(10-15(20)18(2)3)14-8-5-11-9-12(16)6-7-13(11)17-14/h5-9H,4,10,16H2,1-3H3. The van der Waals surface area contributed by atoms with E-state index in [1.165, 1.54) is 0 Å². The molecule has 2 N–H and O–H groups in total. The van der Waals surface area contributed by atoms with E-state index in [9.17, 15) is 4.79 Å². The Labute approximate surface area is 119 Å². The van der Waals surface area contributed by atoms with Crippen LogP contribution in [0.15, 0.2) is 30.3 Å². The van der Waals surface area contributed by atoms with Gasteiger partial charge in [-0.25, -0.2) is 4.98 Å². The maximum atomic E-state index is 11.8. The van der Waals surface area contributed by atoms with Crippen LogP contribution < -0.4 is 10.6 Å². The van der Waals surface area contributed by atoms with Gasteiger partial charge in [0.1, 0.15) is 5.82 Å². The third-order valence-electron chi connectivity index (χ3n) is 3.23. The zero-order valence-corrected chi connectivity index (χ0v) is 12.1. The summed E-state index contributed by atoms with van der Waals surface area (Å²) in [5, 5.41) is 1.00. The minimum absolute atomic E-state index is 0.0612. The van der Waals surface area contributed by atoms with Crippen LogP contribution in [0, 0.1) is 0 Å². The van der Waals surface area contributed by atoms with Gasteiger partial charge in [0.2, 0.25) is 5.91 Å². The normalized spacial score (nSPS) is 10.6. The van der Waals surface area contributed by atoms with E-state index in [0.717, 1.165) is 29.0 Å². The maximum absolute atomic E-state index is 11.8. The van der Waals surface area contributed by atoms with Crippen molar-refractivity contribution in [1.29, 1.82) is 0 Å². The first-order valence-electron chi connectivity index (χ1n) is 6.62. The number of anilines is 2. The minimum Gasteiger partial charge on any atom is -0.399 e. The molecule has 5 nitrogen and oxygen atoms in total. The largest absolute Gasteiger partial charge is 0.399 e. The number of hydrogen-bond acceptors (Lipinski definition) is 4. The average Bonchev–Trinajstić information content (AvgIpc) is 2.43. The Morgan fingerprint density at radius 2 is 2.00 bits per heavy atom. The number of nitrogen functional groups attached to an aromatic ring is 1. The van der Waals surface area contributed by atoms with E-state index in [4.69, 9.17) is 5.73 Å². The van der Waals surface area contributed by atoms with Crippen molar-refractivity contribution in [2.24, 2.45) is 0 Å². The first-order valence-corrected chi connectivity index (χ1v) is 6.62. The summed E-state index contributed by atoms with van der Waals surface area (Å²) in [6.07, 6.45) is 0. The Morgan fingerprint density at radius 3 is 2.65 bits per heavy atom. The molecule has 0 bridgehead atoms. The van der Waals surface area contributed by atoms with Crippen molar-refractivity contribution in [3.8, 4) is 0 Å². The second-order valence-corrected chi connectivity index (χ2v) is 4.92. The van der Waals surface area contributed by atoms with Gasteiger partial charge in [-0.3, -0.25) is 4.79 Å². The van der Waals surface area contributed by atoms with Gasteiger partial charge in [0.05, 0.1) is 12.1 Å². The monoisotopic (exact) mass is 272 g/mol. The molecule has 1 amide bonds. The Hall–Kier alpha value is -2.30. The Morgan fingerprint density at radius 1 is 1.25 bits per heavy atom. The molecule has 5 heteroatoms. The molecule has 1 aromatic carbocycles. The molecule has 0 saturated heterocycles.